The molecule has 0 bridgehead atoms. The third-order valence-electron chi connectivity index (χ3n) is 3.73. The van der Waals surface area contributed by atoms with Gasteiger partial charge in [-0.25, -0.2) is 0 Å². The number of carbonyl (C=O) groups excluding carboxylic acids is 1. The highest BCUT2D eigenvalue weighted by atomic mass is 79.9. The van der Waals surface area contributed by atoms with Crippen molar-refractivity contribution in [3.8, 4) is 5.75 Å². The van der Waals surface area contributed by atoms with Gasteiger partial charge in [-0.3, -0.25) is 4.79 Å². The molecule has 0 saturated heterocycles. The van der Waals surface area contributed by atoms with E-state index in [9.17, 15) is 4.79 Å². The van der Waals surface area contributed by atoms with Crippen molar-refractivity contribution in [3.63, 3.8) is 0 Å². The summed E-state index contributed by atoms with van der Waals surface area (Å²) in [5.41, 5.74) is 0.739. The van der Waals surface area contributed by atoms with E-state index in [-0.39, 0.29) is 11.7 Å². The quantitative estimate of drug-likeness (QED) is 0.575. The van der Waals surface area contributed by atoms with Crippen LogP contribution in [-0.4, -0.2) is 12.4 Å². The Morgan fingerprint density at radius 3 is 2.58 bits per heavy atom. The van der Waals surface area contributed by atoms with E-state index in [4.69, 9.17) is 4.74 Å². The van der Waals surface area contributed by atoms with Gasteiger partial charge in [-0.2, -0.15) is 0 Å². The zero-order valence-corrected chi connectivity index (χ0v) is 13.0. The second-order valence-corrected chi connectivity index (χ2v) is 6.04. The zero-order chi connectivity index (χ0) is 13.7. The van der Waals surface area contributed by atoms with Gasteiger partial charge in [0.05, 0.1) is 12.2 Å². The monoisotopic (exact) mass is 324 g/mol. The normalized spacial score (nSPS) is 16.9. The second-order valence-electron chi connectivity index (χ2n) is 5.13. The number of benzene rings is 1. The van der Waals surface area contributed by atoms with Crippen molar-refractivity contribution in [1.82, 2.24) is 0 Å². The van der Waals surface area contributed by atoms with Gasteiger partial charge in [0, 0.05) is 10.4 Å². The van der Waals surface area contributed by atoms with Crippen LogP contribution in [0.3, 0.4) is 0 Å². The summed E-state index contributed by atoms with van der Waals surface area (Å²) in [6.07, 6.45) is 6.93. The molecule has 1 aromatic carbocycles. The van der Waals surface area contributed by atoms with Crippen LogP contribution in [0.2, 0.25) is 0 Å². The van der Waals surface area contributed by atoms with Gasteiger partial charge in [0.2, 0.25) is 0 Å². The van der Waals surface area contributed by atoms with Gasteiger partial charge in [-0.15, -0.1) is 0 Å². The molecule has 1 aromatic rings. The van der Waals surface area contributed by atoms with Gasteiger partial charge < -0.3 is 4.74 Å². The van der Waals surface area contributed by atoms with E-state index in [0.29, 0.717) is 6.61 Å². The Bertz CT molecular complexity index is 434. The fraction of sp³-hybridized carbons (Fsp3) is 0.562. The topological polar surface area (TPSA) is 26.3 Å². The Labute approximate surface area is 123 Å². The van der Waals surface area contributed by atoms with Gasteiger partial charge in [0.25, 0.3) is 0 Å². The zero-order valence-electron chi connectivity index (χ0n) is 11.5. The van der Waals surface area contributed by atoms with E-state index in [0.717, 1.165) is 28.6 Å². The van der Waals surface area contributed by atoms with Crippen molar-refractivity contribution < 1.29 is 9.53 Å². The maximum absolute atomic E-state index is 12.7. The Kier molecular flexibility index (Phi) is 5.44. The maximum Gasteiger partial charge on any atom is 0.169 e. The molecule has 0 atom stereocenters. The molecule has 0 aromatic heterocycles. The van der Waals surface area contributed by atoms with Crippen LogP contribution < -0.4 is 4.74 Å². The number of ether oxygens (including phenoxy) is 1. The first kappa shape index (κ1) is 14.6. The molecule has 1 saturated carbocycles. The number of hydrogen-bond acceptors (Lipinski definition) is 2. The second kappa shape index (κ2) is 7.09. The predicted molar refractivity (Wildman–Crippen MR) is 80.8 cm³/mol. The lowest BCUT2D eigenvalue weighted by atomic mass is 9.90. The summed E-state index contributed by atoms with van der Waals surface area (Å²) in [5.74, 6) is 1.16. The van der Waals surface area contributed by atoms with Crippen LogP contribution in [0.1, 0.15) is 55.8 Å². The number of ketones is 1. The number of rotatable bonds is 4. The summed E-state index contributed by atoms with van der Waals surface area (Å²) in [6, 6.07) is 5.71. The molecule has 0 unspecified atom stereocenters. The fourth-order valence-corrected chi connectivity index (χ4v) is 3.10. The molecule has 0 N–H and O–H groups in total. The van der Waals surface area contributed by atoms with E-state index >= 15 is 0 Å². The lowest BCUT2D eigenvalue weighted by Gasteiger charge is -2.16. The minimum Gasteiger partial charge on any atom is -0.493 e. The van der Waals surface area contributed by atoms with Crippen LogP contribution in [0.25, 0.3) is 0 Å². The average molecular weight is 325 g/mol. The predicted octanol–water partition coefficient (Wildman–Crippen LogP) is 5.00. The van der Waals surface area contributed by atoms with Crippen molar-refractivity contribution in [2.75, 3.05) is 6.61 Å². The Hall–Kier alpha value is -0.830. The van der Waals surface area contributed by atoms with Crippen molar-refractivity contribution in [1.29, 1.82) is 0 Å². The van der Waals surface area contributed by atoms with Crippen molar-refractivity contribution >= 4 is 21.7 Å². The van der Waals surface area contributed by atoms with Crippen molar-refractivity contribution in [2.45, 2.75) is 45.4 Å². The summed E-state index contributed by atoms with van der Waals surface area (Å²) < 4.78 is 6.53. The summed E-state index contributed by atoms with van der Waals surface area (Å²) in [4.78, 5) is 12.7. The lowest BCUT2D eigenvalue weighted by molar-refractivity contribution is 0.0904. The molecule has 3 heteroatoms. The fourth-order valence-electron chi connectivity index (χ4n) is 2.74. The molecule has 0 spiro atoms. The first-order chi connectivity index (χ1) is 9.22. The molecule has 19 heavy (non-hydrogen) atoms. The summed E-state index contributed by atoms with van der Waals surface area (Å²) in [7, 11) is 0. The molecule has 0 heterocycles. The molecule has 2 rings (SSSR count). The first-order valence-electron chi connectivity index (χ1n) is 7.19. The number of halogens is 1. The molecule has 2 nitrogen and oxygen atoms in total. The van der Waals surface area contributed by atoms with Crippen LogP contribution in [0, 0.1) is 5.92 Å². The van der Waals surface area contributed by atoms with Gasteiger partial charge in [-0.1, -0.05) is 41.6 Å². The Balaban J connectivity index is 2.23. The van der Waals surface area contributed by atoms with Crippen molar-refractivity contribution in [2.24, 2.45) is 5.92 Å². The lowest BCUT2D eigenvalue weighted by Crippen LogP contribution is -2.15. The van der Waals surface area contributed by atoms with Gasteiger partial charge in [-0.05, 0) is 38.0 Å². The average Bonchev–Trinajstić information content (AvgIpc) is 2.69. The number of carbonyl (C=O) groups is 1. The summed E-state index contributed by atoms with van der Waals surface area (Å²) >= 11 is 3.45. The smallest absolute Gasteiger partial charge is 0.169 e. The molecule has 1 fully saturated rings. The van der Waals surface area contributed by atoms with Crippen molar-refractivity contribution in [3.05, 3.63) is 28.2 Å². The van der Waals surface area contributed by atoms with E-state index in [1.54, 1.807) is 0 Å². The van der Waals surface area contributed by atoms with E-state index in [1.165, 1.54) is 25.7 Å². The van der Waals surface area contributed by atoms with Crippen LogP contribution in [0.15, 0.2) is 22.7 Å². The summed E-state index contributed by atoms with van der Waals surface area (Å²) in [6.45, 7) is 2.54. The van der Waals surface area contributed by atoms with E-state index in [1.807, 2.05) is 25.1 Å². The molecule has 0 radical (unpaired) electrons. The largest absolute Gasteiger partial charge is 0.493 e. The molecular weight excluding hydrogens is 304 g/mol. The van der Waals surface area contributed by atoms with E-state index < -0.39 is 0 Å². The first-order valence-corrected chi connectivity index (χ1v) is 7.98. The third-order valence-corrected chi connectivity index (χ3v) is 4.23. The van der Waals surface area contributed by atoms with Crippen LogP contribution in [-0.2, 0) is 0 Å². The Morgan fingerprint density at radius 2 is 1.95 bits per heavy atom. The van der Waals surface area contributed by atoms with Crippen LogP contribution in [0.4, 0.5) is 0 Å². The highest BCUT2D eigenvalue weighted by Crippen LogP contribution is 2.31. The molecule has 0 amide bonds. The van der Waals surface area contributed by atoms with Gasteiger partial charge in [0.1, 0.15) is 5.75 Å². The molecule has 1 aliphatic carbocycles. The van der Waals surface area contributed by atoms with Gasteiger partial charge >= 0.3 is 0 Å². The Morgan fingerprint density at radius 1 is 1.26 bits per heavy atom. The molecular formula is C16H21BrO2. The highest BCUT2D eigenvalue weighted by molar-refractivity contribution is 9.10. The maximum atomic E-state index is 12.7. The van der Waals surface area contributed by atoms with Crippen LogP contribution >= 0.6 is 15.9 Å². The van der Waals surface area contributed by atoms with E-state index in [2.05, 4.69) is 15.9 Å². The minimum atomic E-state index is 0.177. The molecule has 1 aliphatic rings. The number of hydrogen-bond donors (Lipinski definition) is 0. The minimum absolute atomic E-state index is 0.177. The summed E-state index contributed by atoms with van der Waals surface area (Å²) in [5, 5.41) is 0. The highest BCUT2D eigenvalue weighted by Gasteiger charge is 2.24. The van der Waals surface area contributed by atoms with Crippen LogP contribution in [0.5, 0.6) is 5.75 Å². The molecule has 0 aliphatic heterocycles. The number of Topliss-reactive ketones (excluding diaryl/α,β-unsaturated/α-hetero) is 1. The third kappa shape index (κ3) is 3.82. The SMILES string of the molecule is CCOc1ccc(Br)cc1C(=O)C1CCCCCC1. The van der Waals surface area contributed by atoms with Gasteiger partial charge in [0.15, 0.2) is 5.78 Å². The standard InChI is InChI=1S/C16H21BrO2/c1-2-19-15-10-9-13(17)11-14(15)16(18)12-7-5-3-4-6-8-12/h9-12H,2-8H2,1H3. The molecule has 104 valence electrons.